The number of carboxylic acids is 1. The molecule has 23 nitrogen and oxygen atoms in total. The number of carbonyl (C=O) groups excluding carboxylic acids is 6. The van der Waals surface area contributed by atoms with Gasteiger partial charge in [0.15, 0.2) is 5.78 Å². The van der Waals surface area contributed by atoms with Gasteiger partial charge in [0, 0.05) is 37.3 Å². The van der Waals surface area contributed by atoms with Crippen molar-refractivity contribution in [2.75, 3.05) is 27.3 Å². The van der Waals surface area contributed by atoms with E-state index in [1.54, 1.807) is 32.4 Å². The predicted molar refractivity (Wildman–Crippen MR) is 373 cm³/mol. The van der Waals surface area contributed by atoms with E-state index in [4.69, 9.17) is 48.4 Å². The molecule has 8 bridgehead atoms. The minimum atomic E-state index is -4.09. The second-order valence-electron chi connectivity index (χ2n) is 33.4. The standard InChI is InChI=1S/C43H56F2N4O9S.C34H45N3O7/c1-42(2,3)29-19-36(51)58-37-24-11-10-23(16-24)28(37)8-6-5-7-9-32-39(47-33-17-25(56-4)12-15-31(33)46-32)57-26-18-34(49(22-26)40(29)52)35(50)21-43(20-30(43)38(44)45)41(53)48-59(54,55)27-13-14-27;1-34(2,3)24-17-29(38)44-30-20-11-10-19(14-20)23(30)8-6-5-7-9-26-31(36-27-15-21(42-4)12-13-25(27)35-26)43-22-16-28(33(40)41)37(18-22)32(24)39/h12,15,17,23-24,26-30,34,37-38H,5-11,13-14,16,18-22H2,1-4H3,(H,48,53);12-13,15,19-20,22-24,28,30H,5-11,14,16-18H2,1-4H3,(H,40,41)/t23-,24+,26-,28-,29-,30+,34+,37-,43-;19-,20+,22-,23-,24-,28+,30-/m11/s1. The Bertz CT molecular complexity index is 4030. The zero-order chi connectivity index (χ0) is 73.2. The van der Waals surface area contributed by atoms with Crippen LogP contribution in [0.15, 0.2) is 36.4 Å². The monoisotopic (exact) mass is 1450 g/mol. The fourth-order valence-corrected chi connectivity index (χ4v) is 19.9. The van der Waals surface area contributed by atoms with Crippen molar-refractivity contribution < 1.29 is 84.3 Å². The lowest BCUT2D eigenvalue weighted by atomic mass is 9.77. The normalized spacial score (nSPS) is 32.2. The molecule has 14 rings (SSSR count). The number of fused-ring (bicyclic) bond motifs is 18. The van der Waals surface area contributed by atoms with Gasteiger partial charge < -0.3 is 43.3 Å². The molecule has 10 aliphatic rings. The molecular formula is C77H101F2N7O16S. The molecular weight excluding hydrogens is 1350 g/mol. The first kappa shape index (κ1) is 73.9. The Morgan fingerprint density at radius 2 is 1.06 bits per heavy atom. The van der Waals surface area contributed by atoms with E-state index in [0.717, 1.165) is 94.7 Å². The molecule has 103 heavy (non-hydrogen) atoms. The topological polar surface area (TPSA) is 299 Å². The van der Waals surface area contributed by atoms with Crippen LogP contribution >= 0.6 is 0 Å². The second-order valence-corrected chi connectivity index (χ2v) is 35.4. The van der Waals surface area contributed by atoms with Crippen molar-refractivity contribution in [3.8, 4) is 23.3 Å². The molecule has 6 saturated carbocycles. The zero-order valence-corrected chi connectivity index (χ0v) is 61.4. The number of sulfonamides is 1. The van der Waals surface area contributed by atoms with Gasteiger partial charge in [-0.15, -0.1) is 0 Å². The van der Waals surface area contributed by atoms with E-state index in [-0.39, 0.29) is 81.1 Å². The molecule has 26 heteroatoms. The summed E-state index contributed by atoms with van der Waals surface area (Å²) in [4.78, 5) is 119. The molecule has 8 fully saturated rings. The lowest BCUT2D eigenvalue weighted by molar-refractivity contribution is -0.161. The van der Waals surface area contributed by atoms with Gasteiger partial charge in [-0.1, -0.05) is 67.2 Å². The summed E-state index contributed by atoms with van der Waals surface area (Å²) in [5.41, 5.74) is 0.608. The number of nitrogens with one attached hydrogen (secondary N) is 1. The Morgan fingerprint density at radius 1 is 0.602 bits per heavy atom. The van der Waals surface area contributed by atoms with E-state index < -0.39 is 116 Å². The van der Waals surface area contributed by atoms with Gasteiger partial charge in [-0.25, -0.2) is 41.9 Å². The van der Waals surface area contributed by atoms with Crippen molar-refractivity contribution in [3.05, 3.63) is 47.8 Å². The number of ether oxygens (including phenoxy) is 6. The van der Waals surface area contributed by atoms with Crippen LogP contribution in [-0.2, 0) is 65.9 Å². The second kappa shape index (κ2) is 29.5. The highest BCUT2D eigenvalue weighted by atomic mass is 32.2. The summed E-state index contributed by atoms with van der Waals surface area (Å²) in [6, 6.07) is 8.64. The summed E-state index contributed by atoms with van der Waals surface area (Å²) >= 11 is 0. The quantitative estimate of drug-likeness (QED) is 0.139. The third-order valence-electron chi connectivity index (χ3n) is 24.6. The van der Waals surface area contributed by atoms with Crippen LogP contribution in [0.3, 0.4) is 0 Å². The number of amides is 3. The number of halogens is 2. The SMILES string of the molecule is COc1ccc2nc3c(nc2c1)O[C@@H]1C[C@@H](C(=O)C[C@]2(C(=O)NS(=O)(=O)C4CC4)C[C@H]2C(F)F)N(C1)C(=O)[C@H](C(C)(C)C)CC(=O)O[C@@H]1[C@H]2CC[C@H](C2)[C@H]1CCCCC3.COc1ccc2nc3c(nc2c1)O[C@@H]1C[C@@H](C(=O)O)N(C1)C(=O)[C@H](C(C)(C)C)CC(=O)O[C@@H]1[C@H]2CC[C@H](C2)[C@H]1CCCCC3. The van der Waals surface area contributed by atoms with Crippen molar-refractivity contribution in [1.29, 1.82) is 0 Å². The molecule has 2 aromatic heterocycles. The van der Waals surface area contributed by atoms with Gasteiger partial charge in [0.05, 0.1) is 90.8 Å². The molecule has 6 aliphatic carbocycles. The number of esters is 2. The maximum Gasteiger partial charge on any atom is 0.326 e. The Balaban J connectivity index is 0.000000191. The minimum absolute atomic E-state index is 0.0482. The summed E-state index contributed by atoms with van der Waals surface area (Å²) in [5, 5.41) is 9.38. The molecule has 4 aliphatic heterocycles. The molecule has 2 aromatic carbocycles. The van der Waals surface area contributed by atoms with Gasteiger partial charge in [0.1, 0.15) is 53.3 Å². The number of ketones is 1. The molecule has 0 unspecified atom stereocenters. The highest BCUT2D eigenvalue weighted by Gasteiger charge is 2.66. The number of carbonyl (C=O) groups is 7. The smallest absolute Gasteiger partial charge is 0.326 e. The number of nitrogens with zero attached hydrogens (tertiary/aromatic N) is 6. The number of methoxy groups -OCH3 is 2. The number of hydrogen-bond donors (Lipinski definition) is 2. The largest absolute Gasteiger partial charge is 0.497 e. The summed E-state index contributed by atoms with van der Waals surface area (Å²) in [5.74, 6) is -3.48. The van der Waals surface area contributed by atoms with Gasteiger partial charge in [-0.3, -0.25) is 33.5 Å². The first-order chi connectivity index (χ1) is 49.0. The van der Waals surface area contributed by atoms with Crippen molar-refractivity contribution in [2.24, 2.45) is 69.5 Å². The maximum absolute atomic E-state index is 14.9. The molecule has 0 spiro atoms. The summed E-state index contributed by atoms with van der Waals surface area (Å²) in [6.07, 6.45) is 10.1. The van der Waals surface area contributed by atoms with Crippen LogP contribution < -0.4 is 23.7 Å². The Kier molecular flexibility index (Phi) is 21.2. The van der Waals surface area contributed by atoms with Crippen molar-refractivity contribution >= 4 is 73.5 Å². The van der Waals surface area contributed by atoms with E-state index in [1.165, 1.54) is 16.2 Å². The van der Waals surface area contributed by atoms with E-state index in [1.807, 2.05) is 64.5 Å². The lowest BCUT2D eigenvalue weighted by Gasteiger charge is -2.36. The number of carboxylic acid groups (broad SMARTS) is 1. The van der Waals surface area contributed by atoms with E-state index >= 15 is 0 Å². The van der Waals surface area contributed by atoms with Crippen molar-refractivity contribution in [3.63, 3.8) is 0 Å². The average Bonchev–Trinajstić information content (AvgIpc) is 1.56. The Labute approximate surface area is 601 Å². The molecule has 6 heterocycles. The van der Waals surface area contributed by atoms with Crippen LogP contribution in [0.5, 0.6) is 23.3 Å². The highest BCUT2D eigenvalue weighted by Crippen LogP contribution is 2.60. The summed E-state index contributed by atoms with van der Waals surface area (Å²) in [7, 11) is -0.940. The van der Waals surface area contributed by atoms with Gasteiger partial charge in [-0.2, -0.15) is 0 Å². The molecule has 0 radical (unpaired) electrons. The Morgan fingerprint density at radius 3 is 1.49 bits per heavy atom. The molecule has 560 valence electrons. The zero-order valence-electron chi connectivity index (χ0n) is 60.6. The molecule has 4 aromatic rings. The third-order valence-corrected chi connectivity index (χ3v) is 26.4. The fraction of sp³-hybridized carbons (Fsp3) is 0.701. The number of alkyl halides is 2. The van der Waals surface area contributed by atoms with Gasteiger partial charge in [0.25, 0.3) is 0 Å². The number of rotatable bonds is 10. The van der Waals surface area contributed by atoms with Crippen molar-refractivity contribution in [2.45, 2.75) is 244 Å². The van der Waals surface area contributed by atoms with E-state index in [0.29, 0.717) is 94.9 Å². The minimum Gasteiger partial charge on any atom is -0.497 e. The maximum atomic E-state index is 14.9. The summed E-state index contributed by atoms with van der Waals surface area (Å²) in [6.45, 7) is 11.3. The number of hydrogen-bond acceptors (Lipinski definition) is 19. The summed E-state index contributed by atoms with van der Waals surface area (Å²) < 4.78 is 92.4. The van der Waals surface area contributed by atoms with Crippen LogP contribution in [0.4, 0.5) is 8.78 Å². The van der Waals surface area contributed by atoms with Crippen LogP contribution in [0.2, 0.25) is 0 Å². The van der Waals surface area contributed by atoms with Gasteiger partial charge >= 0.3 is 17.9 Å². The number of aliphatic carboxylic acids is 1. The molecule has 16 atom stereocenters. The number of aryl methyl sites for hydroxylation is 2. The number of benzene rings is 2. The van der Waals surface area contributed by atoms with Crippen LogP contribution in [-0.4, -0.2) is 160 Å². The number of Topliss-reactive ketones (excluding diaryl/α,β-unsaturated/α-hetero) is 1. The molecule has 2 N–H and O–H groups in total. The molecule has 3 amide bonds. The fourth-order valence-electron chi connectivity index (χ4n) is 18.6. The first-order valence-corrected chi connectivity index (χ1v) is 39.2. The van der Waals surface area contributed by atoms with Crippen LogP contribution in [0.1, 0.15) is 194 Å². The van der Waals surface area contributed by atoms with Crippen LogP contribution in [0, 0.1) is 69.5 Å². The number of aromatic nitrogens is 4. The highest BCUT2D eigenvalue weighted by molar-refractivity contribution is 7.91. The average molecular weight is 1450 g/mol. The Hall–Kier alpha value is -7.38. The van der Waals surface area contributed by atoms with Crippen LogP contribution in [0.25, 0.3) is 22.1 Å². The predicted octanol–water partition coefficient (Wildman–Crippen LogP) is 11.2. The first-order valence-electron chi connectivity index (χ1n) is 37.6. The third kappa shape index (κ3) is 15.8. The lowest BCUT2D eigenvalue weighted by Crippen LogP contribution is -2.49. The van der Waals surface area contributed by atoms with E-state index in [9.17, 15) is 55.9 Å². The van der Waals surface area contributed by atoms with Gasteiger partial charge in [-0.05, 0) is 167 Å². The van der Waals surface area contributed by atoms with Gasteiger partial charge in [0.2, 0.25) is 45.9 Å². The molecule has 2 saturated heterocycles. The van der Waals surface area contributed by atoms with E-state index in [2.05, 4.69) is 0 Å². The van der Waals surface area contributed by atoms with Crippen molar-refractivity contribution in [1.82, 2.24) is 34.5 Å².